The molecule has 4 aromatic rings. The third-order valence-electron chi connectivity index (χ3n) is 4.81. The Labute approximate surface area is 193 Å². The molecule has 3 aromatic heterocycles. The van der Waals surface area contributed by atoms with E-state index in [4.69, 9.17) is 25.2 Å². The van der Waals surface area contributed by atoms with Crippen LogP contribution in [-0.4, -0.2) is 23.1 Å². The van der Waals surface area contributed by atoms with Gasteiger partial charge in [0.05, 0.1) is 6.54 Å². The number of aromatic nitrogens is 1. The molecule has 1 amide bonds. The first kappa shape index (κ1) is 22.0. The molecule has 0 spiro atoms. The van der Waals surface area contributed by atoms with Crippen LogP contribution in [0.4, 0.5) is 0 Å². The van der Waals surface area contributed by atoms with Gasteiger partial charge in [-0.1, -0.05) is 11.6 Å². The van der Waals surface area contributed by atoms with Gasteiger partial charge in [-0.2, -0.15) is 5.26 Å². The molecule has 166 valence electrons. The largest absolute Gasteiger partial charge is 0.459 e. The summed E-state index contributed by atoms with van der Waals surface area (Å²) in [5, 5.41) is 12.8. The topological polar surface area (TPSA) is 110 Å². The molecule has 0 aliphatic carbocycles. The molecule has 33 heavy (non-hydrogen) atoms. The van der Waals surface area contributed by atoms with Crippen LogP contribution in [0.5, 0.6) is 0 Å². The highest BCUT2D eigenvalue weighted by Gasteiger charge is 2.26. The molecule has 3 heterocycles. The average Bonchev–Trinajstić information content (AvgIpc) is 3.56. The van der Waals surface area contributed by atoms with E-state index >= 15 is 0 Å². The third-order valence-corrected chi connectivity index (χ3v) is 5.06. The van der Waals surface area contributed by atoms with E-state index in [-0.39, 0.29) is 29.3 Å². The van der Waals surface area contributed by atoms with Crippen LogP contribution in [-0.2, 0) is 16.1 Å². The minimum atomic E-state index is -0.815. The molecule has 0 radical (unpaired) electrons. The van der Waals surface area contributed by atoms with E-state index in [0.29, 0.717) is 16.5 Å². The highest BCUT2D eigenvalue weighted by Crippen LogP contribution is 2.26. The van der Waals surface area contributed by atoms with Crippen molar-refractivity contribution >= 4 is 23.5 Å². The van der Waals surface area contributed by atoms with Gasteiger partial charge in [-0.25, -0.2) is 4.79 Å². The summed E-state index contributed by atoms with van der Waals surface area (Å²) in [7, 11) is 0. The summed E-state index contributed by atoms with van der Waals surface area (Å²) < 4.78 is 18.0. The van der Waals surface area contributed by atoms with E-state index in [1.807, 2.05) is 18.2 Å². The number of hydrogen-bond acceptors (Lipinski definition) is 6. The van der Waals surface area contributed by atoms with Crippen molar-refractivity contribution in [3.05, 3.63) is 88.6 Å². The van der Waals surface area contributed by atoms with Crippen molar-refractivity contribution in [1.82, 2.24) is 9.88 Å². The molecule has 0 unspecified atom stereocenters. The van der Waals surface area contributed by atoms with Gasteiger partial charge in [-0.3, -0.25) is 9.36 Å². The van der Waals surface area contributed by atoms with Gasteiger partial charge in [0.15, 0.2) is 6.61 Å². The van der Waals surface area contributed by atoms with Crippen LogP contribution in [0.3, 0.4) is 0 Å². The summed E-state index contributed by atoms with van der Waals surface area (Å²) in [5.41, 5.74) is 0.890. The minimum Gasteiger partial charge on any atom is -0.459 e. The first-order valence-corrected chi connectivity index (χ1v) is 10.3. The molecule has 1 N–H and O–H groups in total. The zero-order valence-electron chi connectivity index (χ0n) is 17.5. The number of aryl methyl sites for hydroxylation is 1. The highest BCUT2D eigenvalue weighted by molar-refractivity contribution is 6.30. The molecule has 0 aliphatic rings. The van der Waals surface area contributed by atoms with E-state index in [9.17, 15) is 14.9 Å². The number of carbonyl (C=O) groups is 2. The Morgan fingerprint density at radius 3 is 2.55 bits per heavy atom. The van der Waals surface area contributed by atoms with Gasteiger partial charge in [0.2, 0.25) is 5.88 Å². The van der Waals surface area contributed by atoms with Crippen molar-refractivity contribution in [3.8, 4) is 23.3 Å². The summed E-state index contributed by atoms with van der Waals surface area (Å²) >= 11 is 5.89. The Bertz CT molecular complexity index is 1330. The maximum Gasteiger partial charge on any atom is 0.343 e. The van der Waals surface area contributed by atoms with Crippen LogP contribution in [0.1, 0.15) is 27.4 Å². The second-order valence-corrected chi connectivity index (χ2v) is 7.48. The van der Waals surface area contributed by atoms with E-state index in [0.717, 1.165) is 5.56 Å². The lowest BCUT2D eigenvalue weighted by Crippen LogP contribution is -2.28. The maximum absolute atomic E-state index is 12.5. The molecule has 1 aromatic carbocycles. The fourth-order valence-electron chi connectivity index (χ4n) is 3.21. The normalized spacial score (nSPS) is 10.6. The molecule has 0 saturated carbocycles. The fourth-order valence-corrected chi connectivity index (χ4v) is 3.34. The molecule has 0 saturated heterocycles. The molecule has 0 atom stereocenters. The Morgan fingerprint density at radius 1 is 1.12 bits per heavy atom. The van der Waals surface area contributed by atoms with Crippen molar-refractivity contribution in [1.29, 1.82) is 5.26 Å². The van der Waals surface area contributed by atoms with Crippen molar-refractivity contribution in [2.75, 3.05) is 6.61 Å². The number of amides is 1. The number of nitrogens with one attached hydrogen (secondary N) is 1. The monoisotopic (exact) mass is 463 g/mol. The van der Waals surface area contributed by atoms with E-state index in [1.54, 1.807) is 60.3 Å². The zero-order chi connectivity index (χ0) is 23.4. The molecule has 0 aliphatic heterocycles. The highest BCUT2D eigenvalue weighted by atomic mass is 35.5. The SMILES string of the molecule is Cc1oc(-n2cccc2)c(C#N)c1C(=O)OCC(=O)NCc1ccc(-c2ccc(Cl)cc2)o1. The Hall–Kier alpha value is -4.22. The van der Waals surface area contributed by atoms with Crippen LogP contribution < -0.4 is 5.32 Å². The number of halogens is 1. The average molecular weight is 464 g/mol. The Balaban J connectivity index is 1.34. The zero-order valence-corrected chi connectivity index (χ0v) is 18.3. The number of benzene rings is 1. The summed E-state index contributed by atoms with van der Waals surface area (Å²) in [4.78, 5) is 24.7. The lowest BCUT2D eigenvalue weighted by atomic mass is 10.1. The molecular formula is C24H18ClN3O5. The first-order valence-electron chi connectivity index (χ1n) is 9.91. The number of esters is 1. The van der Waals surface area contributed by atoms with Gasteiger partial charge >= 0.3 is 5.97 Å². The molecule has 8 nitrogen and oxygen atoms in total. The number of hydrogen-bond donors (Lipinski definition) is 1. The predicted molar refractivity (Wildman–Crippen MR) is 119 cm³/mol. The van der Waals surface area contributed by atoms with Crippen molar-refractivity contribution < 1.29 is 23.2 Å². The van der Waals surface area contributed by atoms with Crippen LogP contribution in [0.2, 0.25) is 5.02 Å². The van der Waals surface area contributed by atoms with Gasteiger partial charge < -0.3 is 18.9 Å². The van der Waals surface area contributed by atoms with Crippen molar-refractivity contribution in [3.63, 3.8) is 0 Å². The van der Waals surface area contributed by atoms with Crippen molar-refractivity contribution in [2.45, 2.75) is 13.5 Å². The number of nitriles is 1. The molecule has 9 heteroatoms. The lowest BCUT2D eigenvalue weighted by Gasteiger charge is -2.05. The second kappa shape index (κ2) is 9.51. The minimum absolute atomic E-state index is 0.00681. The van der Waals surface area contributed by atoms with Crippen molar-refractivity contribution in [2.24, 2.45) is 0 Å². The second-order valence-electron chi connectivity index (χ2n) is 7.04. The number of furan rings is 2. The Morgan fingerprint density at radius 2 is 1.85 bits per heavy atom. The van der Waals surface area contributed by atoms with Gasteiger partial charge in [-0.15, -0.1) is 0 Å². The van der Waals surface area contributed by atoms with Crippen LogP contribution >= 0.6 is 11.6 Å². The molecular weight excluding hydrogens is 446 g/mol. The third kappa shape index (κ3) is 4.84. The standard InChI is InChI=1S/C24H18ClN3O5/c1-15-22(19(12-26)23(32-15)28-10-2-3-11-28)24(30)31-14-21(29)27-13-18-8-9-20(33-18)16-4-6-17(25)7-5-16/h2-11H,13-14H2,1H3,(H,27,29). The number of rotatable bonds is 7. The first-order chi connectivity index (χ1) is 16.0. The summed E-state index contributed by atoms with van der Waals surface area (Å²) in [6.07, 6.45) is 3.38. The smallest absolute Gasteiger partial charge is 0.343 e. The van der Waals surface area contributed by atoms with Gasteiger partial charge in [0, 0.05) is 23.0 Å². The van der Waals surface area contributed by atoms with Gasteiger partial charge in [0.1, 0.15) is 34.5 Å². The maximum atomic E-state index is 12.5. The van der Waals surface area contributed by atoms with E-state index in [2.05, 4.69) is 5.32 Å². The molecule has 0 bridgehead atoms. The number of ether oxygens (including phenoxy) is 1. The number of nitrogens with zero attached hydrogens (tertiary/aromatic N) is 2. The molecule has 4 rings (SSSR count). The van der Waals surface area contributed by atoms with Crippen LogP contribution in [0.15, 0.2) is 69.8 Å². The summed E-state index contributed by atoms with van der Waals surface area (Å²) in [6.45, 7) is 1.16. The summed E-state index contributed by atoms with van der Waals surface area (Å²) in [6, 6.07) is 16.2. The predicted octanol–water partition coefficient (Wildman–Crippen LogP) is 4.64. The summed E-state index contributed by atoms with van der Waals surface area (Å²) in [5.74, 6) is 0.285. The molecule has 0 fully saturated rings. The Kier molecular flexibility index (Phi) is 6.33. The van der Waals surface area contributed by atoms with E-state index < -0.39 is 18.5 Å². The quantitative estimate of drug-likeness (QED) is 0.400. The van der Waals surface area contributed by atoms with Gasteiger partial charge in [0.25, 0.3) is 5.91 Å². The van der Waals surface area contributed by atoms with E-state index in [1.165, 1.54) is 0 Å². The van der Waals surface area contributed by atoms with Gasteiger partial charge in [-0.05, 0) is 55.5 Å². The van der Waals surface area contributed by atoms with Crippen LogP contribution in [0.25, 0.3) is 17.2 Å². The van der Waals surface area contributed by atoms with Crippen LogP contribution in [0, 0.1) is 18.3 Å². The fraction of sp³-hybridized carbons (Fsp3) is 0.125. The lowest BCUT2D eigenvalue weighted by molar-refractivity contribution is -0.124. The number of carbonyl (C=O) groups excluding carboxylic acids is 2.